The molecule has 50 heavy (non-hydrogen) atoms. The van der Waals surface area contributed by atoms with Crippen LogP contribution in [0, 0.1) is 30.6 Å². The SMILES string of the molecule is O=[N+]([O-])[O-].O=[N+]([O-])[O-].c1ccc(C[n+]2c3ccccc3c(-c3c4ccccc4[n+](Cc4ccccc4)c4ccccc34)c3ccccc32)cc1. The summed E-state index contributed by atoms with van der Waals surface area (Å²) < 4.78 is 4.96. The van der Waals surface area contributed by atoms with Crippen LogP contribution in [-0.4, -0.2) is 10.2 Å². The van der Waals surface area contributed by atoms with Gasteiger partial charge in [-0.15, -0.1) is 0 Å². The quantitative estimate of drug-likeness (QED) is 0.0788. The maximum Gasteiger partial charge on any atom is 0.213 e. The molecule has 0 saturated heterocycles. The van der Waals surface area contributed by atoms with Crippen LogP contribution in [0.25, 0.3) is 54.7 Å². The molecule has 0 radical (unpaired) electrons. The van der Waals surface area contributed by atoms with E-state index in [1.807, 2.05) is 0 Å². The highest BCUT2D eigenvalue weighted by molar-refractivity contribution is 6.18. The second-order valence-corrected chi connectivity index (χ2v) is 11.4. The van der Waals surface area contributed by atoms with E-state index in [4.69, 9.17) is 30.6 Å². The molecule has 0 fully saturated rings. The summed E-state index contributed by atoms with van der Waals surface area (Å²) in [4.78, 5) is 16.5. The molecule has 8 aromatic rings. The molecule has 0 N–H and O–H groups in total. The van der Waals surface area contributed by atoms with Gasteiger partial charge in [0.25, 0.3) is 0 Å². The molecule has 0 saturated carbocycles. The fourth-order valence-electron chi connectivity index (χ4n) is 6.64. The highest BCUT2D eigenvalue weighted by Gasteiger charge is 2.27. The zero-order valence-electron chi connectivity index (χ0n) is 26.7. The lowest BCUT2D eigenvalue weighted by Gasteiger charge is -2.16. The van der Waals surface area contributed by atoms with Gasteiger partial charge in [-0.3, -0.25) is 0 Å². The number of benzene rings is 6. The first-order valence-electron chi connectivity index (χ1n) is 15.7. The highest BCUT2D eigenvalue weighted by Crippen LogP contribution is 2.41. The summed E-state index contributed by atoms with van der Waals surface area (Å²) in [5, 5.41) is 34.6. The van der Waals surface area contributed by atoms with Crippen molar-refractivity contribution < 1.29 is 19.3 Å². The second kappa shape index (κ2) is 14.9. The van der Waals surface area contributed by atoms with Gasteiger partial charge in [0.2, 0.25) is 22.1 Å². The predicted octanol–water partition coefficient (Wildman–Crippen LogP) is 8.16. The molecule has 0 aliphatic heterocycles. The average Bonchev–Trinajstić information content (AvgIpc) is 3.13. The normalized spacial score (nSPS) is 10.6. The van der Waals surface area contributed by atoms with E-state index in [1.54, 1.807) is 0 Å². The minimum Gasteiger partial charge on any atom is -0.356 e. The van der Waals surface area contributed by atoms with Crippen molar-refractivity contribution in [3.05, 3.63) is 199 Å². The van der Waals surface area contributed by atoms with Gasteiger partial charge in [0.1, 0.15) is 0 Å². The smallest absolute Gasteiger partial charge is 0.213 e. The number of hydrogen-bond acceptors (Lipinski definition) is 6. The summed E-state index contributed by atoms with van der Waals surface area (Å²) in [6, 6.07) is 57.2. The Balaban J connectivity index is 0.000000491. The monoisotopic (exact) mass is 662 g/mol. The lowest BCUT2D eigenvalue weighted by molar-refractivity contribution is -0.636. The first-order chi connectivity index (χ1) is 24.3. The van der Waals surface area contributed by atoms with Crippen LogP contribution in [0.1, 0.15) is 11.1 Å². The number of rotatable bonds is 5. The maximum atomic E-state index is 8.25. The molecule has 246 valence electrons. The standard InChI is InChI=1S/C40H30N2.2NO3/c1-3-15-29(16-4-1)27-41-35-23-11-7-19-31(35)39(32-20-8-12-24-36(32)41)40-33-21-9-13-25-37(33)42(28-30-17-5-2-6-18-30)38-26-14-10-22-34(38)40;2*2-1(3)4/h1-26H,27-28H2;;/q+2;2*-1. The Hall–Kier alpha value is -6.94. The third-order valence-corrected chi connectivity index (χ3v) is 8.47. The minimum absolute atomic E-state index is 0.815. The van der Waals surface area contributed by atoms with E-state index in [0.717, 1.165) is 13.1 Å². The molecule has 0 bridgehead atoms. The van der Waals surface area contributed by atoms with Gasteiger partial charge < -0.3 is 30.6 Å². The molecule has 2 aromatic heterocycles. The lowest BCUT2D eigenvalue weighted by atomic mass is 9.90. The molecule has 10 heteroatoms. The molecular formula is C40H30N4O6. The van der Waals surface area contributed by atoms with Crippen molar-refractivity contribution in [1.82, 2.24) is 0 Å². The molecule has 6 aromatic carbocycles. The molecule has 0 amide bonds. The van der Waals surface area contributed by atoms with Crippen molar-refractivity contribution >= 4 is 43.6 Å². The van der Waals surface area contributed by atoms with Gasteiger partial charge in [0.05, 0.1) is 31.7 Å². The van der Waals surface area contributed by atoms with Gasteiger partial charge in [-0.1, -0.05) is 109 Å². The van der Waals surface area contributed by atoms with Crippen LogP contribution >= 0.6 is 0 Å². The fourth-order valence-corrected chi connectivity index (χ4v) is 6.64. The van der Waals surface area contributed by atoms with Crippen molar-refractivity contribution in [2.75, 3.05) is 0 Å². The van der Waals surface area contributed by atoms with Crippen LogP contribution in [0.5, 0.6) is 0 Å². The van der Waals surface area contributed by atoms with Crippen LogP contribution in [0.4, 0.5) is 0 Å². The summed E-state index contributed by atoms with van der Waals surface area (Å²) in [5.41, 5.74) is 10.1. The largest absolute Gasteiger partial charge is 0.356 e. The molecule has 0 aliphatic rings. The molecular weight excluding hydrogens is 632 g/mol. The van der Waals surface area contributed by atoms with E-state index >= 15 is 0 Å². The first kappa shape index (κ1) is 33.0. The number of fused-ring (bicyclic) bond motifs is 4. The summed E-state index contributed by atoms with van der Waals surface area (Å²) >= 11 is 0. The predicted molar refractivity (Wildman–Crippen MR) is 194 cm³/mol. The van der Waals surface area contributed by atoms with Gasteiger partial charge >= 0.3 is 0 Å². The number of pyridine rings is 2. The zero-order chi connectivity index (χ0) is 35.0. The lowest BCUT2D eigenvalue weighted by Crippen LogP contribution is -2.37. The minimum atomic E-state index is -1.75. The number of aromatic nitrogens is 2. The van der Waals surface area contributed by atoms with Crippen LogP contribution < -0.4 is 9.13 Å². The highest BCUT2D eigenvalue weighted by atomic mass is 16.9. The van der Waals surface area contributed by atoms with Crippen molar-refractivity contribution in [3.8, 4) is 11.1 Å². The summed E-state index contributed by atoms with van der Waals surface area (Å²) in [6.07, 6.45) is 0. The Morgan fingerprint density at radius 1 is 0.360 bits per heavy atom. The van der Waals surface area contributed by atoms with E-state index < -0.39 is 10.2 Å². The number of nitrogens with zero attached hydrogens (tertiary/aromatic N) is 4. The third kappa shape index (κ3) is 6.99. The van der Waals surface area contributed by atoms with Gasteiger partial charge in [-0.25, -0.2) is 0 Å². The fraction of sp³-hybridized carbons (Fsp3) is 0.0500. The van der Waals surface area contributed by atoms with Crippen molar-refractivity contribution in [3.63, 3.8) is 0 Å². The molecule has 8 rings (SSSR count). The van der Waals surface area contributed by atoms with Crippen molar-refractivity contribution in [1.29, 1.82) is 0 Å². The molecule has 10 nitrogen and oxygen atoms in total. The Morgan fingerprint density at radius 3 is 0.840 bits per heavy atom. The van der Waals surface area contributed by atoms with Gasteiger partial charge in [0.15, 0.2) is 13.1 Å². The van der Waals surface area contributed by atoms with Crippen LogP contribution in [0.3, 0.4) is 0 Å². The topological polar surface area (TPSA) is 140 Å². The van der Waals surface area contributed by atoms with Gasteiger partial charge in [-0.2, -0.15) is 9.13 Å². The Morgan fingerprint density at radius 2 is 0.580 bits per heavy atom. The summed E-state index contributed by atoms with van der Waals surface area (Å²) in [7, 11) is 0. The van der Waals surface area contributed by atoms with Crippen LogP contribution in [0.2, 0.25) is 0 Å². The van der Waals surface area contributed by atoms with E-state index in [9.17, 15) is 0 Å². The van der Waals surface area contributed by atoms with Gasteiger partial charge in [-0.05, 0) is 24.3 Å². The number of hydrogen-bond donors (Lipinski definition) is 0. The Kier molecular flexibility index (Phi) is 9.81. The van der Waals surface area contributed by atoms with E-state index in [2.05, 4.69) is 167 Å². The number of para-hydroxylation sites is 4. The summed E-state index contributed by atoms with van der Waals surface area (Å²) in [6.45, 7) is 1.63. The van der Waals surface area contributed by atoms with Crippen LogP contribution in [-0.2, 0) is 13.1 Å². The second-order valence-electron chi connectivity index (χ2n) is 11.4. The third-order valence-electron chi connectivity index (χ3n) is 8.47. The van der Waals surface area contributed by atoms with Crippen molar-refractivity contribution in [2.24, 2.45) is 0 Å². The van der Waals surface area contributed by atoms with E-state index in [0.29, 0.717) is 0 Å². The Labute approximate surface area is 286 Å². The molecule has 0 aliphatic carbocycles. The Bertz CT molecular complexity index is 2180. The maximum absolute atomic E-state index is 8.25. The van der Waals surface area contributed by atoms with Gasteiger partial charge in [0, 0.05) is 46.5 Å². The van der Waals surface area contributed by atoms with Crippen LogP contribution in [0.15, 0.2) is 158 Å². The molecule has 0 atom stereocenters. The van der Waals surface area contributed by atoms with Crippen molar-refractivity contribution in [2.45, 2.75) is 13.1 Å². The van der Waals surface area contributed by atoms with E-state index in [1.165, 1.54) is 65.9 Å². The van der Waals surface area contributed by atoms with E-state index in [-0.39, 0.29) is 0 Å². The molecule has 2 heterocycles. The zero-order valence-corrected chi connectivity index (χ0v) is 26.7. The first-order valence-corrected chi connectivity index (χ1v) is 15.7. The molecule has 0 unspecified atom stereocenters. The summed E-state index contributed by atoms with van der Waals surface area (Å²) in [5.74, 6) is 0. The molecule has 0 spiro atoms. The average molecular weight is 663 g/mol.